The number of rotatable bonds is 28. The zero-order valence-corrected chi connectivity index (χ0v) is 56.9. The van der Waals surface area contributed by atoms with Crippen molar-refractivity contribution in [2.75, 3.05) is 41.3 Å². The molecule has 0 aliphatic rings. The number of nitrogens with two attached hydrogens (primary N) is 2. The van der Waals surface area contributed by atoms with Gasteiger partial charge in [0.2, 0.25) is 41.4 Å². The molecular formula is C75H92N14O9. The second-order valence-electron chi connectivity index (χ2n) is 24.7. The van der Waals surface area contributed by atoms with E-state index in [-0.39, 0.29) is 44.4 Å². The number of nitrogens with zero attached hydrogens (tertiary/aromatic N) is 2. The quantitative estimate of drug-likeness (QED) is 0.0152. The summed E-state index contributed by atoms with van der Waals surface area (Å²) in [6.07, 6.45) is 1.32. The molecule has 8 aromatic rings. The fourth-order valence-electron chi connectivity index (χ4n) is 11.4. The molecule has 0 aromatic heterocycles. The summed E-state index contributed by atoms with van der Waals surface area (Å²) >= 11 is 0. The number of fused-ring (bicyclic) bond motifs is 4. The first-order chi connectivity index (χ1) is 47.0. The molecule has 0 aliphatic carbocycles. The highest BCUT2D eigenvalue weighted by atomic mass is 16.6. The zero-order chi connectivity index (χ0) is 70.7. The maximum atomic E-state index is 14.1. The van der Waals surface area contributed by atoms with Crippen molar-refractivity contribution >= 4 is 102 Å². The molecule has 0 bridgehead atoms. The summed E-state index contributed by atoms with van der Waals surface area (Å²) in [6, 6.07) is 48.3. The van der Waals surface area contributed by atoms with Gasteiger partial charge in [0, 0.05) is 73.9 Å². The van der Waals surface area contributed by atoms with Gasteiger partial charge in [-0.15, -0.1) is 0 Å². The van der Waals surface area contributed by atoms with Crippen molar-refractivity contribution in [2.24, 2.45) is 21.5 Å². The van der Waals surface area contributed by atoms with Crippen molar-refractivity contribution in [1.29, 1.82) is 0 Å². The molecule has 0 aliphatic heterocycles. The predicted molar refractivity (Wildman–Crippen MR) is 387 cm³/mol. The molecule has 98 heavy (non-hydrogen) atoms. The molecule has 6 atom stereocenters. The van der Waals surface area contributed by atoms with E-state index in [4.69, 9.17) is 16.2 Å². The van der Waals surface area contributed by atoms with Crippen LogP contribution in [0.2, 0.25) is 0 Å². The van der Waals surface area contributed by atoms with E-state index in [2.05, 4.69) is 63.2 Å². The van der Waals surface area contributed by atoms with E-state index >= 15 is 0 Å². The highest BCUT2D eigenvalue weighted by Crippen LogP contribution is 2.24. The fourth-order valence-corrected chi connectivity index (χ4v) is 11.4. The van der Waals surface area contributed by atoms with Gasteiger partial charge in [0.15, 0.2) is 11.9 Å². The van der Waals surface area contributed by atoms with Gasteiger partial charge in [-0.1, -0.05) is 170 Å². The monoisotopic (exact) mass is 1330 g/mol. The van der Waals surface area contributed by atoms with Crippen LogP contribution in [0.15, 0.2) is 180 Å². The van der Waals surface area contributed by atoms with E-state index in [0.717, 1.165) is 65.3 Å². The Morgan fingerprint density at radius 1 is 0.418 bits per heavy atom. The number of alkyl carbamates (subject to hydrolysis) is 1. The van der Waals surface area contributed by atoms with Crippen LogP contribution in [0.1, 0.15) is 75.6 Å². The molecule has 0 spiro atoms. The van der Waals surface area contributed by atoms with E-state index in [1.54, 1.807) is 49.0 Å². The Kier molecular flexibility index (Phi) is 27.8. The van der Waals surface area contributed by atoms with Crippen molar-refractivity contribution in [3.05, 3.63) is 192 Å². The maximum Gasteiger partial charge on any atom is 0.408 e. The van der Waals surface area contributed by atoms with Crippen LogP contribution in [0.25, 0.3) is 43.1 Å². The van der Waals surface area contributed by atoms with E-state index in [0.29, 0.717) is 37.9 Å². The van der Waals surface area contributed by atoms with Gasteiger partial charge in [-0.3, -0.25) is 43.5 Å². The van der Waals surface area contributed by atoms with Gasteiger partial charge in [0.05, 0.1) is 0 Å². The first-order valence-corrected chi connectivity index (χ1v) is 32.8. The Balaban J connectivity index is 0.000000277. The number of benzene rings is 8. The second-order valence-corrected chi connectivity index (χ2v) is 24.7. The van der Waals surface area contributed by atoms with Crippen LogP contribution < -0.4 is 64.6 Å². The Hall–Kier alpha value is -11.1. The van der Waals surface area contributed by atoms with Crippen LogP contribution in [-0.2, 0) is 64.0 Å². The van der Waals surface area contributed by atoms with Crippen LogP contribution >= 0.6 is 0 Å². The van der Waals surface area contributed by atoms with Gasteiger partial charge in [-0.2, -0.15) is 0 Å². The van der Waals surface area contributed by atoms with E-state index in [1.807, 2.05) is 170 Å². The Morgan fingerprint density at radius 3 is 1.15 bits per heavy atom. The molecule has 0 radical (unpaired) electrons. The molecule has 516 valence electrons. The Bertz CT molecular complexity index is 4140. The molecule has 0 saturated heterocycles. The minimum Gasteiger partial charge on any atom is -0.444 e. The molecule has 23 nitrogen and oxygen atoms in total. The Labute approximate surface area is 571 Å². The molecule has 0 saturated carbocycles. The highest BCUT2D eigenvalue weighted by molar-refractivity contribution is 5.97. The van der Waals surface area contributed by atoms with Crippen LogP contribution in [0.4, 0.5) is 4.79 Å². The molecule has 23 heteroatoms. The summed E-state index contributed by atoms with van der Waals surface area (Å²) in [7, 11) is 6.76. The van der Waals surface area contributed by atoms with Crippen molar-refractivity contribution in [3.63, 3.8) is 0 Å². The molecule has 0 heterocycles. The third kappa shape index (κ3) is 22.8. The number of amides is 8. The molecule has 14 N–H and O–H groups in total. The van der Waals surface area contributed by atoms with E-state index < -0.39 is 83.4 Å². The van der Waals surface area contributed by atoms with Crippen LogP contribution in [0, 0.1) is 0 Å². The number of hydrogen-bond donors (Lipinski definition) is 12. The minimum absolute atomic E-state index is 0.132. The summed E-state index contributed by atoms with van der Waals surface area (Å²) in [5.41, 5.74) is 14.1. The van der Waals surface area contributed by atoms with Gasteiger partial charge in [0.25, 0.3) is 0 Å². The van der Waals surface area contributed by atoms with Gasteiger partial charge in [0.1, 0.15) is 41.9 Å². The molecule has 8 aromatic carbocycles. The topological polar surface area (TPSA) is 343 Å². The third-order valence-electron chi connectivity index (χ3n) is 16.2. The van der Waals surface area contributed by atoms with Crippen LogP contribution in [0.3, 0.4) is 0 Å². The zero-order valence-electron chi connectivity index (χ0n) is 56.9. The molecule has 8 amide bonds. The van der Waals surface area contributed by atoms with E-state index in [9.17, 15) is 38.4 Å². The summed E-state index contributed by atoms with van der Waals surface area (Å²) in [5, 5.41) is 36.9. The minimum atomic E-state index is -1.09. The SMILES string of the molecule is CN=C(NC)NCCC[C@H](NC(=O)[C@@H](Cc1cccc2ccccc12)NC(=O)OC(C)(C)C)C(=O)N[C@H](Cc1ccc2ccccc2c1)C(N)=O.CN=C(NC)NCCC[C@H](NC(=O)[C@@H](Cc1cccc2ccccc12)NC(C)=O)C(=O)N[C@H](Cc1ccc2ccccc2c1)C(N)=O. The smallest absolute Gasteiger partial charge is 0.408 e. The van der Waals surface area contributed by atoms with Crippen LogP contribution in [-0.4, -0.2) is 142 Å². The van der Waals surface area contributed by atoms with Crippen molar-refractivity contribution < 1.29 is 43.1 Å². The Morgan fingerprint density at radius 2 is 0.776 bits per heavy atom. The number of carbonyl (C=O) groups excluding carboxylic acids is 8. The number of aliphatic imine (C=N–C) groups is 2. The summed E-state index contributed by atoms with van der Waals surface area (Å²) in [6.45, 7) is 7.45. The van der Waals surface area contributed by atoms with E-state index in [1.165, 1.54) is 6.92 Å². The van der Waals surface area contributed by atoms with Gasteiger partial charge >= 0.3 is 6.09 Å². The summed E-state index contributed by atoms with van der Waals surface area (Å²) in [5.74, 6) is -2.85. The number of carbonyl (C=O) groups is 8. The number of hydrogen-bond acceptors (Lipinski definition) is 11. The maximum absolute atomic E-state index is 14.1. The van der Waals surface area contributed by atoms with Gasteiger partial charge < -0.3 is 69.4 Å². The van der Waals surface area contributed by atoms with Gasteiger partial charge in [-0.25, -0.2) is 4.79 Å². The van der Waals surface area contributed by atoms with Crippen LogP contribution in [0.5, 0.6) is 0 Å². The number of guanidine groups is 2. The normalized spacial score (nSPS) is 13.4. The molecule has 8 rings (SSSR count). The lowest BCUT2D eigenvalue weighted by Crippen LogP contribution is -2.57. The predicted octanol–water partition coefficient (Wildman–Crippen LogP) is 6.01. The lowest BCUT2D eigenvalue weighted by molar-refractivity contribution is -0.133. The third-order valence-corrected chi connectivity index (χ3v) is 16.2. The first-order valence-electron chi connectivity index (χ1n) is 32.8. The fraction of sp³-hybridized carbons (Fsp3) is 0.333. The lowest BCUT2D eigenvalue weighted by Gasteiger charge is -2.26. The second kappa shape index (κ2) is 36.7. The number of primary amides is 2. The summed E-state index contributed by atoms with van der Waals surface area (Å²) in [4.78, 5) is 114. The summed E-state index contributed by atoms with van der Waals surface area (Å²) < 4.78 is 5.50. The average molecular weight is 1330 g/mol. The molecular weight excluding hydrogens is 1240 g/mol. The number of nitrogens with one attached hydrogen (secondary N) is 10. The van der Waals surface area contributed by atoms with Gasteiger partial charge in [-0.05, 0) is 112 Å². The largest absolute Gasteiger partial charge is 0.444 e. The van der Waals surface area contributed by atoms with Crippen molar-refractivity contribution in [2.45, 2.75) is 121 Å². The standard InChI is InChI=1S/C39H49N7O5.C36H43N7O4/c1-39(2,3)51-38(50)46-33(24-29-16-10-15-27-13-8-9-17-30(27)29)36(49)44-31(18-11-21-43-37(41-4)42-5)35(48)45-32(34(40)47)23-25-19-20-26-12-6-7-14-28(26)22-25;1-23(44)41-32(22-28-14-8-13-26-11-6-7-15-29(26)28)35(47)42-30(16-9-19-40-36(38-2)39-3)34(46)43-31(33(37)45)21-24-17-18-25-10-4-5-12-27(25)20-24/h6-10,12-17,19-20,22,31-33H,11,18,21,23-24H2,1-5H3,(H2,40,47)(H,44,49)(H,45,48)(H,46,50)(H2,41,42,43);4-8,10-15,17-18,20,30-32H,9,16,19,21-22H2,1-3H3,(H2,37,45)(H,41,44)(H,42,47)(H,43,46)(H2,38,39,40)/t31-,32+,33+;30-,31+,32+/m00/s1. The molecule has 0 fully saturated rings. The first kappa shape index (κ1) is 74.3. The average Bonchev–Trinajstić information content (AvgIpc) is 0.872. The lowest BCUT2D eigenvalue weighted by atomic mass is 9.98. The van der Waals surface area contributed by atoms with Crippen molar-refractivity contribution in [3.8, 4) is 0 Å². The highest BCUT2D eigenvalue weighted by Gasteiger charge is 2.33. The molecule has 0 unspecified atom stereocenters. The van der Waals surface area contributed by atoms with Crippen molar-refractivity contribution in [1.82, 2.24) is 53.2 Å². The number of ether oxygens (including phenoxy) is 1.